The summed E-state index contributed by atoms with van der Waals surface area (Å²) in [5.74, 6) is 0.946. The Morgan fingerprint density at radius 2 is 1.88 bits per heavy atom. The standard InChI is InChI=1S/C11H12N2O4/c1-12-4-5-13(11(16)10(12)15)6-8-2-3-9(7-14)17-8/h2-5,14H,6-7H2,1H3. The molecule has 0 aliphatic carbocycles. The Morgan fingerprint density at radius 1 is 1.18 bits per heavy atom. The topological polar surface area (TPSA) is 77.4 Å². The summed E-state index contributed by atoms with van der Waals surface area (Å²) in [6.07, 6.45) is 3.03. The average Bonchev–Trinajstić information content (AvgIpc) is 2.78. The molecule has 17 heavy (non-hydrogen) atoms. The zero-order valence-corrected chi connectivity index (χ0v) is 9.29. The van der Waals surface area contributed by atoms with Crippen molar-refractivity contribution in [2.24, 2.45) is 7.05 Å². The normalized spacial score (nSPS) is 10.7. The summed E-state index contributed by atoms with van der Waals surface area (Å²) >= 11 is 0. The molecule has 0 bridgehead atoms. The molecule has 0 saturated carbocycles. The molecule has 0 unspecified atom stereocenters. The van der Waals surface area contributed by atoms with Crippen LogP contribution in [0, 0.1) is 0 Å². The van der Waals surface area contributed by atoms with E-state index in [2.05, 4.69) is 0 Å². The molecule has 0 atom stereocenters. The molecule has 6 heteroatoms. The van der Waals surface area contributed by atoms with E-state index in [0.717, 1.165) is 0 Å². The number of aryl methyl sites for hydroxylation is 1. The highest BCUT2D eigenvalue weighted by molar-refractivity contribution is 5.07. The molecule has 2 aromatic rings. The van der Waals surface area contributed by atoms with Crippen molar-refractivity contribution >= 4 is 0 Å². The molecular formula is C11H12N2O4. The Labute approximate surface area is 96.4 Å². The number of aromatic nitrogens is 2. The molecule has 0 aliphatic rings. The van der Waals surface area contributed by atoms with Crippen LogP contribution in [-0.2, 0) is 20.2 Å². The minimum absolute atomic E-state index is 0.176. The van der Waals surface area contributed by atoms with Gasteiger partial charge in [-0.2, -0.15) is 0 Å². The average molecular weight is 236 g/mol. The van der Waals surface area contributed by atoms with Crippen molar-refractivity contribution in [3.8, 4) is 0 Å². The van der Waals surface area contributed by atoms with Gasteiger partial charge in [0, 0.05) is 19.4 Å². The van der Waals surface area contributed by atoms with Gasteiger partial charge in [-0.3, -0.25) is 9.59 Å². The fourth-order valence-electron chi connectivity index (χ4n) is 1.47. The molecular weight excluding hydrogens is 224 g/mol. The van der Waals surface area contributed by atoms with Gasteiger partial charge in [0.25, 0.3) is 0 Å². The second-order valence-corrected chi connectivity index (χ2v) is 3.67. The maximum atomic E-state index is 11.6. The summed E-state index contributed by atoms with van der Waals surface area (Å²) in [6, 6.07) is 3.29. The third-order valence-electron chi connectivity index (χ3n) is 2.43. The molecule has 1 N–H and O–H groups in total. The van der Waals surface area contributed by atoms with Gasteiger partial charge >= 0.3 is 11.1 Å². The van der Waals surface area contributed by atoms with Crippen molar-refractivity contribution in [3.63, 3.8) is 0 Å². The number of aliphatic hydroxyl groups excluding tert-OH is 1. The zero-order valence-electron chi connectivity index (χ0n) is 9.29. The van der Waals surface area contributed by atoms with Crippen LogP contribution >= 0.6 is 0 Å². The lowest BCUT2D eigenvalue weighted by molar-refractivity contribution is 0.243. The first kappa shape index (κ1) is 11.4. The van der Waals surface area contributed by atoms with Crippen LogP contribution in [0.4, 0.5) is 0 Å². The van der Waals surface area contributed by atoms with Crippen LogP contribution in [0.25, 0.3) is 0 Å². The van der Waals surface area contributed by atoms with Gasteiger partial charge in [-0.05, 0) is 12.1 Å². The molecule has 0 aliphatic heterocycles. The number of nitrogens with zero attached hydrogens (tertiary/aromatic N) is 2. The minimum atomic E-state index is -0.600. The Balaban J connectivity index is 2.34. The molecule has 90 valence electrons. The second kappa shape index (κ2) is 4.42. The number of hydrogen-bond acceptors (Lipinski definition) is 4. The maximum absolute atomic E-state index is 11.6. The second-order valence-electron chi connectivity index (χ2n) is 3.67. The first-order valence-electron chi connectivity index (χ1n) is 5.06. The van der Waals surface area contributed by atoms with Crippen molar-refractivity contribution in [3.05, 3.63) is 56.8 Å². The lowest BCUT2D eigenvalue weighted by Gasteiger charge is -2.03. The Morgan fingerprint density at radius 3 is 2.53 bits per heavy atom. The summed E-state index contributed by atoms with van der Waals surface area (Å²) in [5.41, 5.74) is -1.18. The maximum Gasteiger partial charge on any atom is 0.316 e. The quantitative estimate of drug-likeness (QED) is 0.741. The largest absolute Gasteiger partial charge is 0.462 e. The zero-order chi connectivity index (χ0) is 12.4. The summed E-state index contributed by atoms with van der Waals surface area (Å²) < 4.78 is 7.73. The van der Waals surface area contributed by atoms with Gasteiger partial charge in [0.1, 0.15) is 18.1 Å². The highest BCUT2D eigenvalue weighted by Crippen LogP contribution is 2.08. The predicted octanol–water partition coefficient (Wildman–Crippen LogP) is -0.319. The van der Waals surface area contributed by atoms with E-state index in [1.165, 1.54) is 28.6 Å². The van der Waals surface area contributed by atoms with Gasteiger partial charge in [0.15, 0.2) is 0 Å². The molecule has 0 fully saturated rings. The Hall–Kier alpha value is -2.08. The van der Waals surface area contributed by atoms with E-state index in [9.17, 15) is 9.59 Å². The van der Waals surface area contributed by atoms with Gasteiger partial charge in [-0.25, -0.2) is 0 Å². The van der Waals surface area contributed by atoms with Crippen molar-refractivity contribution in [1.29, 1.82) is 0 Å². The van der Waals surface area contributed by atoms with E-state index in [0.29, 0.717) is 11.5 Å². The smallest absolute Gasteiger partial charge is 0.316 e. The fraction of sp³-hybridized carbons (Fsp3) is 0.273. The molecule has 0 radical (unpaired) electrons. The molecule has 2 heterocycles. The summed E-state index contributed by atoms with van der Waals surface area (Å²) in [6.45, 7) is -0.0135. The van der Waals surface area contributed by atoms with E-state index in [1.807, 2.05) is 0 Å². The van der Waals surface area contributed by atoms with Crippen LogP contribution in [-0.4, -0.2) is 14.2 Å². The molecule has 0 spiro atoms. The summed E-state index contributed by atoms with van der Waals surface area (Å²) in [7, 11) is 1.52. The summed E-state index contributed by atoms with van der Waals surface area (Å²) in [5, 5.41) is 8.84. The number of rotatable bonds is 3. The molecule has 2 aromatic heterocycles. The van der Waals surface area contributed by atoms with Crippen molar-refractivity contribution in [2.75, 3.05) is 0 Å². The van der Waals surface area contributed by atoms with Crippen LogP contribution in [0.15, 0.2) is 38.5 Å². The van der Waals surface area contributed by atoms with Crippen molar-refractivity contribution in [2.45, 2.75) is 13.2 Å². The van der Waals surface area contributed by atoms with E-state index < -0.39 is 11.1 Å². The fourth-order valence-corrected chi connectivity index (χ4v) is 1.47. The van der Waals surface area contributed by atoms with E-state index in [1.54, 1.807) is 12.1 Å². The first-order valence-corrected chi connectivity index (χ1v) is 5.06. The SMILES string of the molecule is Cn1ccn(Cc2ccc(CO)o2)c(=O)c1=O. The van der Waals surface area contributed by atoms with Crippen LogP contribution < -0.4 is 11.1 Å². The van der Waals surface area contributed by atoms with Crippen molar-refractivity contribution < 1.29 is 9.52 Å². The van der Waals surface area contributed by atoms with Crippen molar-refractivity contribution in [1.82, 2.24) is 9.13 Å². The number of aliphatic hydroxyl groups is 1. The lowest BCUT2D eigenvalue weighted by Crippen LogP contribution is -2.39. The molecule has 0 amide bonds. The summed E-state index contributed by atoms with van der Waals surface area (Å²) in [4.78, 5) is 23.0. The van der Waals surface area contributed by atoms with Crippen LogP contribution in [0.2, 0.25) is 0 Å². The highest BCUT2D eigenvalue weighted by atomic mass is 16.4. The monoisotopic (exact) mass is 236 g/mol. The van der Waals surface area contributed by atoms with Gasteiger partial charge in [-0.15, -0.1) is 0 Å². The van der Waals surface area contributed by atoms with Gasteiger partial charge in [0.05, 0.1) is 6.54 Å². The van der Waals surface area contributed by atoms with Gasteiger partial charge < -0.3 is 18.7 Å². The van der Waals surface area contributed by atoms with Gasteiger partial charge in [-0.1, -0.05) is 0 Å². The van der Waals surface area contributed by atoms with Gasteiger partial charge in [0.2, 0.25) is 0 Å². The molecule has 0 aromatic carbocycles. The third kappa shape index (κ3) is 2.21. The third-order valence-corrected chi connectivity index (χ3v) is 2.43. The molecule has 0 saturated heterocycles. The Bertz CT molecular complexity index is 635. The van der Waals surface area contributed by atoms with Crippen LogP contribution in [0.5, 0.6) is 0 Å². The van der Waals surface area contributed by atoms with Crippen LogP contribution in [0.1, 0.15) is 11.5 Å². The van der Waals surface area contributed by atoms with Crippen LogP contribution in [0.3, 0.4) is 0 Å². The highest BCUT2D eigenvalue weighted by Gasteiger charge is 2.06. The minimum Gasteiger partial charge on any atom is -0.462 e. The van der Waals surface area contributed by atoms with E-state index in [-0.39, 0.29) is 13.2 Å². The Kier molecular flexibility index (Phi) is 2.97. The molecule has 2 rings (SSSR count). The van der Waals surface area contributed by atoms with E-state index >= 15 is 0 Å². The predicted molar refractivity (Wildman–Crippen MR) is 59.7 cm³/mol. The number of hydrogen-bond donors (Lipinski definition) is 1. The number of furan rings is 1. The first-order chi connectivity index (χ1) is 8.11. The van der Waals surface area contributed by atoms with E-state index in [4.69, 9.17) is 9.52 Å². The molecule has 6 nitrogen and oxygen atoms in total. The lowest BCUT2D eigenvalue weighted by atomic mass is 10.4.